The second-order valence-electron chi connectivity index (χ2n) is 4.52. The molecule has 0 aliphatic rings. The summed E-state index contributed by atoms with van der Waals surface area (Å²) >= 11 is 0. The Kier molecular flexibility index (Phi) is 4.90. The first kappa shape index (κ1) is 14.3. The first-order valence-electron chi connectivity index (χ1n) is 6.43. The van der Waals surface area contributed by atoms with Crippen LogP contribution < -0.4 is 10.6 Å². The van der Waals surface area contributed by atoms with Gasteiger partial charge in [0.2, 0.25) is 5.91 Å². The molecule has 0 aliphatic carbocycles. The molecule has 2 N–H and O–H groups in total. The van der Waals surface area contributed by atoms with Crippen LogP contribution in [0.15, 0.2) is 47.1 Å². The van der Waals surface area contributed by atoms with Gasteiger partial charge in [-0.25, -0.2) is 4.39 Å². The molecule has 0 bridgehead atoms. The van der Waals surface area contributed by atoms with Crippen molar-refractivity contribution in [3.8, 4) is 0 Å². The van der Waals surface area contributed by atoms with Crippen LogP contribution in [0.2, 0.25) is 0 Å². The second kappa shape index (κ2) is 6.86. The Morgan fingerprint density at radius 1 is 1.30 bits per heavy atom. The number of hydrogen-bond donors (Lipinski definition) is 2. The summed E-state index contributed by atoms with van der Waals surface area (Å²) in [6.45, 7) is 2.51. The molecule has 2 rings (SSSR count). The molecule has 1 amide bonds. The van der Waals surface area contributed by atoms with Crippen molar-refractivity contribution in [2.45, 2.75) is 19.5 Å². The van der Waals surface area contributed by atoms with E-state index in [1.165, 1.54) is 12.1 Å². The van der Waals surface area contributed by atoms with Crippen molar-refractivity contribution < 1.29 is 13.6 Å². The molecule has 1 atom stereocenters. The van der Waals surface area contributed by atoms with E-state index < -0.39 is 0 Å². The molecule has 2 aromatic rings. The first-order valence-corrected chi connectivity index (χ1v) is 6.43. The lowest BCUT2D eigenvalue weighted by Gasteiger charge is -2.11. The van der Waals surface area contributed by atoms with Crippen molar-refractivity contribution in [3.05, 3.63) is 59.8 Å². The van der Waals surface area contributed by atoms with Crippen LogP contribution in [0.4, 0.5) is 4.39 Å². The molecular formula is C15H17FN2O2. The van der Waals surface area contributed by atoms with Gasteiger partial charge in [-0.05, 0) is 36.8 Å². The lowest BCUT2D eigenvalue weighted by atomic mass is 10.2. The van der Waals surface area contributed by atoms with Crippen LogP contribution in [0.5, 0.6) is 0 Å². The Bertz CT molecular complexity index is 538. The molecule has 0 unspecified atom stereocenters. The van der Waals surface area contributed by atoms with Gasteiger partial charge in [-0.15, -0.1) is 0 Å². The molecule has 0 saturated carbocycles. The van der Waals surface area contributed by atoms with E-state index in [0.717, 1.165) is 11.3 Å². The topological polar surface area (TPSA) is 54.3 Å². The lowest BCUT2D eigenvalue weighted by molar-refractivity contribution is -0.120. The van der Waals surface area contributed by atoms with Crippen molar-refractivity contribution in [1.82, 2.24) is 10.6 Å². The molecule has 0 aliphatic heterocycles. The molecule has 4 nitrogen and oxygen atoms in total. The zero-order valence-electron chi connectivity index (χ0n) is 11.2. The fraction of sp³-hybridized carbons (Fsp3) is 0.267. The van der Waals surface area contributed by atoms with Crippen molar-refractivity contribution in [3.63, 3.8) is 0 Å². The molecule has 5 heteroatoms. The summed E-state index contributed by atoms with van der Waals surface area (Å²) < 4.78 is 18.0. The van der Waals surface area contributed by atoms with Gasteiger partial charge < -0.3 is 9.73 Å². The summed E-state index contributed by atoms with van der Waals surface area (Å²) in [4.78, 5) is 11.7. The number of hydrogen-bond acceptors (Lipinski definition) is 3. The number of halogens is 1. The number of benzene rings is 1. The van der Waals surface area contributed by atoms with E-state index in [4.69, 9.17) is 4.42 Å². The van der Waals surface area contributed by atoms with Crippen molar-refractivity contribution in [1.29, 1.82) is 0 Å². The largest absolute Gasteiger partial charge is 0.468 e. The smallest absolute Gasteiger partial charge is 0.234 e. The third-order valence-electron chi connectivity index (χ3n) is 2.94. The van der Waals surface area contributed by atoms with Gasteiger partial charge in [-0.2, -0.15) is 0 Å². The second-order valence-corrected chi connectivity index (χ2v) is 4.52. The SMILES string of the molecule is C[C@H](NCC(=O)NCc1ccc(F)cc1)c1ccco1. The Labute approximate surface area is 117 Å². The van der Waals surface area contributed by atoms with Crippen molar-refractivity contribution >= 4 is 5.91 Å². The number of carbonyl (C=O) groups excluding carboxylic acids is 1. The fourth-order valence-corrected chi connectivity index (χ4v) is 1.75. The van der Waals surface area contributed by atoms with Gasteiger partial charge in [0.15, 0.2) is 0 Å². The van der Waals surface area contributed by atoms with Gasteiger partial charge in [-0.3, -0.25) is 10.1 Å². The van der Waals surface area contributed by atoms with Crippen LogP contribution in [0.3, 0.4) is 0 Å². The van der Waals surface area contributed by atoms with Crippen LogP contribution in [-0.4, -0.2) is 12.5 Å². The molecule has 0 spiro atoms. The summed E-state index contributed by atoms with van der Waals surface area (Å²) in [6.07, 6.45) is 1.60. The third kappa shape index (κ3) is 4.20. The summed E-state index contributed by atoms with van der Waals surface area (Å²) in [6, 6.07) is 9.68. The summed E-state index contributed by atoms with van der Waals surface area (Å²) in [5.74, 6) is 0.387. The van der Waals surface area contributed by atoms with E-state index in [-0.39, 0.29) is 24.3 Å². The Hall–Kier alpha value is -2.14. The highest BCUT2D eigenvalue weighted by Crippen LogP contribution is 2.11. The monoisotopic (exact) mass is 276 g/mol. The predicted octanol–water partition coefficient (Wildman–Crippen LogP) is 2.39. The first-order chi connectivity index (χ1) is 9.65. The molecule has 20 heavy (non-hydrogen) atoms. The Morgan fingerprint density at radius 3 is 2.70 bits per heavy atom. The van der Waals surface area contributed by atoms with E-state index in [9.17, 15) is 9.18 Å². The molecule has 0 saturated heterocycles. The highest BCUT2D eigenvalue weighted by molar-refractivity contribution is 5.78. The average Bonchev–Trinajstić information content (AvgIpc) is 2.98. The van der Waals surface area contributed by atoms with Gasteiger partial charge in [0, 0.05) is 6.54 Å². The number of carbonyl (C=O) groups is 1. The highest BCUT2D eigenvalue weighted by atomic mass is 19.1. The van der Waals surface area contributed by atoms with Gasteiger partial charge in [0.05, 0.1) is 18.8 Å². The van der Waals surface area contributed by atoms with E-state index >= 15 is 0 Å². The molecular weight excluding hydrogens is 259 g/mol. The number of amides is 1. The van der Waals surface area contributed by atoms with Crippen LogP contribution in [0.1, 0.15) is 24.3 Å². The quantitative estimate of drug-likeness (QED) is 0.851. The van der Waals surface area contributed by atoms with Gasteiger partial charge in [-0.1, -0.05) is 12.1 Å². The van der Waals surface area contributed by atoms with E-state index in [2.05, 4.69) is 10.6 Å². The van der Waals surface area contributed by atoms with Gasteiger partial charge in [0.25, 0.3) is 0 Å². The Morgan fingerprint density at radius 2 is 2.05 bits per heavy atom. The molecule has 1 aromatic carbocycles. The summed E-state index contributed by atoms with van der Waals surface area (Å²) in [5, 5.41) is 5.83. The molecule has 0 fully saturated rings. The zero-order valence-corrected chi connectivity index (χ0v) is 11.2. The maximum atomic E-state index is 12.7. The molecule has 1 heterocycles. The van der Waals surface area contributed by atoms with Crippen LogP contribution in [-0.2, 0) is 11.3 Å². The minimum absolute atomic E-state index is 0.0263. The van der Waals surface area contributed by atoms with Gasteiger partial charge in [0.1, 0.15) is 11.6 Å². The van der Waals surface area contributed by atoms with Gasteiger partial charge >= 0.3 is 0 Å². The van der Waals surface area contributed by atoms with E-state index in [1.54, 1.807) is 18.4 Å². The normalized spacial score (nSPS) is 12.1. The molecule has 0 radical (unpaired) electrons. The van der Waals surface area contributed by atoms with Crippen molar-refractivity contribution in [2.75, 3.05) is 6.54 Å². The third-order valence-corrected chi connectivity index (χ3v) is 2.94. The number of furan rings is 1. The number of nitrogens with one attached hydrogen (secondary N) is 2. The van der Waals surface area contributed by atoms with E-state index in [0.29, 0.717) is 6.54 Å². The maximum absolute atomic E-state index is 12.7. The lowest BCUT2D eigenvalue weighted by Crippen LogP contribution is -2.34. The van der Waals surface area contributed by atoms with E-state index in [1.807, 2.05) is 19.1 Å². The minimum Gasteiger partial charge on any atom is -0.468 e. The fourth-order valence-electron chi connectivity index (χ4n) is 1.75. The zero-order chi connectivity index (χ0) is 14.4. The summed E-state index contributed by atoms with van der Waals surface area (Å²) in [7, 11) is 0. The van der Waals surface area contributed by atoms with Crippen LogP contribution >= 0.6 is 0 Å². The molecule has 106 valence electrons. The maximum Gasteiger partial charge on any atom is 0.234 e. The predicted molar refractivity (Wildman–Crippen MR) is 73.4 cm³/mol. The van der Waals surface area contributed by atoms with Crippen molar-refractivity contribution in [2.24, 2.45) is 0 Å². The van der Waals surface area contributed by atoms with Crippen LogP contribution in [0, 0.1) is 5.82 Å². The summed E-state index contributed by atoms with van der Waals surface area (Å²) in [5.41, 5.74) is 0.860. The number of rotatable bonds is 6. The molecule has 1 aromatic heterocycles. The highest BCUT2D eigenvalue weighted by Gasteiger charge is 2.09. The van der Waals surface area contributed by atoms with Crippen LogP contribution in [0.25, 0.3) is 0 Å². The average molecular weight is 276 g/mol. The minimum atomic E-state index is -0.283. The standard InChI is InChI=1S/C15H17FN2O2/c1-11(14-3-2-8-20-14)17-10-15(19)18-9-12-4-6-13(16)7-5-12/h2-8,11,17H,9-10H2,1H3,(H,18,19)/t11-/m0/s1. The Balaban J connectivity index is 1.71.